The number of ether oxygens (including phenoxy) is 4. The van der Waals surface area contributed by atoms with E-state index in [4.69, 9.17) is 18.9 Å². The average molecular weight is 375 g/mol. The molecule has 4 atom stereocenters. The largest absolute Gasteiger partial charge is 0.478 e. The van der Waals surface area contributed by atoms with E-state index in [-0.39, 0.29) is 12.2 Å². The average Bonchev–Trinajstić information content (AvgIpc) is 3.21. The van der Waals surface area contributed by atoms with Crippen LogP contribution in [0.15, 0.2) is 30.5 Å². The standard InChI is InChI=1S/C19H21NO7/c1-10(21)24-9-14-15-16(27-19(2,3)26-15)17(25-14)20-8-12(18(22)23)11-6-4-5-7-13(11)20/h4-8,14-17H,9H2,1-3H3,(H,22,23). The maximum absolute atomic E-state index is 11.6. The van der Waals surface area contributed by atoms with Crippen LogP contribution in [0.25, 0.3) is 10.9 Å². The number of nitrogens with zero attached hydrogens (tertiary/aromatic N) is 1. The van der Waals surface area contributed by atoms with Crippen molar-refractivity contribution in [2.75, 3.05) is 6.61 Å². The number of benzene rings is 1. The summed E-state index contributed by atoms with van der Waals surface area (Å²) >= 11 is 0. The third-order valence-electron chi connectivity index (χ3n) is 4.82. The SMILES string of the molecule is CC(=O)OCC1OC(n2cc(C(=O)O)c3ccccc32)C2OC(C)(C)OC12. The number of aromatic nitrogens is 1. The Kier molecular flexibility index (Phi) is 4.21. The van der Waals surface area contributed by atoms with Crippen molar-refractivity contribution in [2.45, 2.75) is 51.1 Å². The van der Waals surface area contributed by atoms with Crippen LogP contribution in [0.3, 0.4) is 0 Å². The van der Waals surface area contributed by atoms with Gasteiger partial charge in [0.2, 0.25) is 0 Å². The summed E-state index contributed by atoms with van der Waals surface area (Å²) in [6, 6.07) is 7.22. The van der Waals surface area contributed by atoms with Gasteiger partial charge in [0, 0.05) is 18.5 Å². The second kappa shape index (κ2) is 6.33. The first-order chi connectivity index (χ1) is 12.8. The highest BCUT2D eigenvalue weighted by atomic mass is 16.8. The number of rotatable bonds is 4. The molecule has 27 heavy (non-hydrogen) atoms. The second-order valence-corrected chi connectivity index (χ2v) is 7.20. The van der Waals surface area contributed by atoms with Crippen molar-refractivity contribution < 1.29 is 33.6 Å². The lowest BCUT2D eigenvalue weighted by atomic mass is 10.1. The minimum Gasteiger partial charge on any atom is -0.478 e. The van der Waals surface area contributed by atoms with Gasteiger partial charge in [-0.25, -0.2) is 4.79 Å². The summed E-state index contributed by atoms with van der Waals surface area (Å²) in [6.07, 6.45) is -0.454. The number of esters is 1. The van der Waals surface area contributed by atoms with Gasteiger partial charge >= 0.3 is 11.9 Å². The van der Waals surface area contributed by atoms with Crippen LogP contribution in [0, 0.1) is 0 Å². The Morgan fingerprint density at radius 2 is 1.93 bits per heavy atom. The number of carbonyl (C=O) groups is 2. The molecule has 3 heterocycles. The van der Waals surface area contributed by atoms with Gasteiger partial charge < -0.3 is 28.6 Å². The summed E-state index contributed by atoms with van der Waals surface area (Å²) in [5.41, 5.74) is 0.910. The number of aromatic carboxylic acids is 1. The van der Waals surface area contributed by atoms with E-state index in [0.29, 0.717) is 5.39 Å². The molecule has 2 aliphatic heterocycles. The molecule has 0 amide bonds. The quantitative estimate of drug-likeness (QED) is 0.819. The topological polar surface area (TPSA) is 96.2 Å². The molecule has 4 rings (SSSR count). The first-order valence-corrected chi connectivity index (χ1v) is 8.74. The maximum atomic E-state index is 11.6. The van der Waals surface area contributed by atoms with Gasteiger partial charge in [-0.15, -0.1) is 0 Å². The van der Waals surface area contributed by atoms with Gasteiger partial charge in [0.25, 0.3) is 0 Å². The number of carboxylic acid groups (broad SMARTS) is 1. The van der Waals surface area contributed by atoms with E-state index < -0.39 is 42.3 Å². The molecular formula is C19H21NO7. The zero-order chi connectivity index (χ0) is 19.3. The van der Waals surface area contributed by atoms with Gasteiger partial charge in [-0.2, -0.15) is 0 Å². The number of hydrogen-bond acceptors (Lipinski definition) is 6. The van der Waals surface area contributed by atoms with Crippen LogP contribution in [0.1, 0.15) is 37.4 Å². The van der Waals surface area contributed by atoms with Crippen molar-refractivity contribution in [1.82, 2.24) is 4.57 Å². The monoisotopic (exact) mass is 375 g/mol. The summed E-state index contributed by atoms with van der Waals surface area (Å²) in [6.45, 7) is 4.99. The number of carboxylic acids is 1. The highest BCUT2D eigenvalue weighted by Crippen LogP contribution is 2.44. The Hall–Kier alpha value is -2.42. The molecule has 1 aromatic heterocycles. The van der Waals surface area contributed by atoms with Crippen molar-refractivity contribution in [3.05, 3.63) is 36.0 Å². The minimum atomic E-state index is -1.01. The fourth-order valence-electron chi connectivity index (χ4n) is 3.80. The lowest BCUT2D eigenvalue weighted by Crippen LogP contribution is -2.33. The molecule has 1 N–H and O–H groups in total. The van der Waals surface area contributed by atoms with E-state index in [1.807, 2.05) is 26.0 Å². The van der Waals surface area contributed by atoms with Crippen LogP contribution in [0.4, 0.5) is 0 Å². The molecular weight excluding hydrogens is 354 g/mol. The summed E-state index contributed by atoms with van der Waals surface area (Å²) in [5, 5.41) is 10.2. The number of carbonyl (C=O) groups excluding carboxylic acids is 1. The van der Waals surface area contributed by atoms with Crippen molar-refractivity contribution in [1.29, 1.82) is 0 Å². The fourth-order valence-corrected chi connectivity index (χ4v) is 3.80. The predicted molar refractivity (Wildman–Crippen MR) is 93.3 cm³/mol. The molecule has 2 saturated heterocycles. The Morgan fingerprint density at radius 3 is 2.63 bits per heavy atom. The van der Waals surface area contributed by atoms with Gasteiger partial charge in [-0.3, -0.25) is 4.79 Å². The molecule has 2 fully saturated rings. The molecule has 2 aliphatic rings. The summed E-state index contributed by atoms with van der Waals surface area (Å²) in [5.74, 6) is -2.24. The molecule has 0 saturated carbocycles. The molecule has 0 aliphatic carbocycles. The van der Waals surface area contributed by atoms with E-state index >= 15 is 0 Å². The normalized spacial score (nSPS) is 29.0. The van der Waals surface area contributed by atoms with Crippen LogP contribution in [0.5, 0.6) is 0 Å². The van der Waals surface area contributed by atoms with Gasteiger partial charge in [-0.05, 0) is 19.9 Å². The number of fused-ring (bicyclic) bond motifs is 2. The molecule has 0 bridgehead atoms. The van der Waals surface area contributed by atoms with Crippen molar-refractivity contribution >= 4 is 22.8 Å². The molecule has 0 spiro atoms. The van der Waals surface area contributed by atoms with Crippen LogP contribution in [-0.4, -0.2) is 52.3 Å². The van der Waals surface area contributed by atoms with Gasteiger partial charge in [0.05, 0.1) is 11.1 Å². The molecule has 0 radical (unpaired) electrons. The van der Waals surface area contributed by atoms with E-state index in [2.05, 4.69) is 0 Å². The predicted octanol–water partition coefficient (Wildman–Crippen LogP) is 2.32. The van der Waals surface area contributed by atoms with Gasteiger partial charge in [0.15, 0.2) is 12.0 Å². The minimum absolute atomic E-state index is 0.0391. The van der Waals surface area contributed by atoms with E-state index in [1.54, 1.807) is 22.9 Å². The zero-order valence-corrected chi connectivity index (χ0v) is 15.2. The summed E-state index contributed by atoms with van der Waals surface area (Å²) in [4.78, 5) is 22.9. The summed E-state index contributed by atoms with van der Waals surface area (Å²) < 4.78 is 25.0. The Balaban J connectivity index is 1.74. The van der Waals surface area contributed by atoms with E-state index in [0.717, 1.165) is 5.52 Å². The molecule has 8 nitrogen and oxygen atoms in total. The molecule has 1 aromatic carbocycles. The van der Waals surface area contributed by atoms with Crippen molar-refractivity contribution in [2.24, 2.45) is 0 Å². The second-order valence-electron chi connectivity index (χ2n) is 7.20. The van der Waals surface area contributed by atoms with Crippen LogP contribution < -0.4 is 0 Å². The lowest BCUT2D eigenvalue weighted by molar-refractivity contribution is -0.201. The van der Waals surface area contributed by atoms with Crippen LogP contribution in [-0.2, 0) is 23.7 Å². The Morgan fingerprint density at radius 1 is 1.22 bits per heavy atom. The third kappa shape index (κ3) is 3.09. The van der Waals surface area contributed by atoms with Gasteiger partial charge in [-0.1, -0.05) is 18.2 Å². The maximum Gasteiger partial charge on any atom is 0.337 e. The van der Waals surface area contributed by atoms with Crippen LogP contribution >= 0.6 is 0 Å². The zero-order valence-electron chi connectivity index (χ0n) is 15.2. The number of para-hydroxylation sites is 1. The molecule has 2 aromatic rings. The highest BCUT2D eigenvalue weighted by Gasteiger charge is 2.56. The van der Waals surface area contributed by atoms with Crippen molar-refractivity contribution in [3.63, 3.8) is 0 Å². The lowest BCUT2D eigenvalue weighted by Gasteiger charge is -2.25. The highest BCUT2D eigenvalue weighted by molar-refractivity contribution is 6.03. The van der Waals surface area contributed by atoms with Gasteiger partial charge in [0.1, 0.15) is 24.9 Å². The van der Waals surface area contributed by atoms with Crippen LogP contribution in [0.2, 0.25) is 0 Å². The third-order valence-corrected chi connectivity index (χ3v) is 4.82. The molecule has 144 valence electrons. The van der Waals surface area contributed by atoms with Crippen molar-refractivity contribution in [3.8, 4) is 0 Å². The fraction of sp³-hybridized carbons (Fsp3) is 0.474. The van der Waals surface area contributed by atoms with E-state index in [9.17, 15) is 14.7 Å². The number of hydrogen-bond donors (Lipinski definition) is 1. The smallest absolute Gasteiger partial charge is 0.337 e. The van der Waals surface area contributed by atoms with E-state index in [1.165, 1.54) is 6.92 Å². The molecule has 8 heteroatoms. The Labute approximate surface area is 155 Å². The first-order valence-electron chi connectivity index (χ1n) is 8.74. The summed E-state index contributed by atoms with van der Waals surface area (Å²) in [7, 11) is 0. The molecule has 4 unspecified atom stereocenters. The first kappa shape index (κ1) is 18.0. The Bertz CT molecular complexity index is 903.